The molecular weight excluding hydrogens is 529 g/mol. The first kappa shape index (κ1) is 25.8. The number of rotatable bonds is 6. The summed E-state index contributed by atoms with van der Waals surface area (Å²) >= 11 is 0. The average Bonchev–Trinajstić information content (AvgIpc) is 2.81. The van der Waals surface area contributed by atoms with Crippen molar-refractivity contribution < 1.29 is 14.2 Å². The zero-order valence-electron chi connectivity index (χ0n) is 19.8. The lowest BCUT2D eigenvalue weighted by Crippen LogP contribution is -2.45. The average molecular weight is 565 g/mol. The molecule has 0 spiro atoms. The Bertz CT molecular complexity index is 911. The lowest BCUT2D eigenvalue weighted by Gasteiger charge is -2.38. The quantitative estimate of drug-likeness (QED) is 0.295. The molecule has 1 unspecified atom stereocenters. The number of hydrogen-bond acceptors (Lipinski definition) is 4. The zero-order chi connectivity index (χ0) is 22.4. The summed E-state index contributed by atoms with van der Waals surface area (Å²) in [6.45, 7) is 7.22. The van der Waals surface area contributed by atoms with Crippen LogP contribution < -0.4 is 15.4 Å². The standard InChI is InChI=1S/C26H35N3O3.HI/c1-26(2)16-23(22-6-4-5-7-24(22)32-26)29-25(27-3)28-17-19-8-10-20(11-9-19)18-31-21-12-14-30-15-13-21;/h4-11,21,23H,12-18H2,1-3H3,(H2,27,28,29);1H. The number of aliphatic imine (C=N–C) groups is 1. The lowest BCUT2D eigenvalue weighted by molar-refractivity contribution is -0.0390. The monoisotopic (exact) mass is 565 g/mol. The fourth-order valence-corrected chi connectivity index (χ4v) is 4.29. The van der Waals surface area contributed by atoms with Crippen molar-refractivity contribution in [3.63, 3.8) is 0 Å². The van der Waals surface area contributed by atoms with E-state index < -0.39 is 0 Å². The van der Waals surface area contributed by atoms with Crippen LogP contribution in [0.5, 0.6) is 5.75 Å². The van der Waals surface area contributed by atoms with Crippen LogP contribution in [-0.4, -0.2) is 37.9 Å². The Kier molecular flexibility index (Phi) is 9.40. The van der Waals surface area contributed by atoms with Gasteiger partial charge in [0.1, 0.15) is 11.4 Å². The van der Waals surface area contributed by atoms with Crippen LogP contribution in [0.4, 0.5) is 0 Å². The highest BCUT2D eigenvalue weighted by Crippen LogP contribution is 2.39. The maximum atomic E-state index is 6.15. The van der Waals surface area contributed by atoms with Crippen LogP contribution in [0.25, 0.3) is 0 Å². The number of benzene rings is 2. The molecule has 1 saturated heterocycles. The maximum absolute atomic E-state index is 6.15. The summed E-state index contributed by atoms with van der Waals surface area (Å²) in [7, 11) is 1.81. The fourth-order valence-electron chi connectivity index (χ4n) is 4.29. The lowest BCUT2D eigenvalue weighted by atomic mass is 9.90. The largest absolute Gasteiger partial charge is 0.487 e. The van der Waals surface area contributed by atoms with Crippen molar-refractivity contribution >= 4 is 29.9 Å². The molecule has 0 saturated carbocycles. The molecule has 33 heavy (non-hydrogen) atoms. The Morgan fingerprint density at radius 3 is 2.48 bits per heavy atom. The van der Waals surface area contributed by atoms with Gasteiger partial charge in [0.05, 0.1) is 18.8 Å². The van der Waals surface area contributed by atoms with Gasteiger partial charge >= 0.3 is 0 Å². The molecule has 6 nitrogen and oxygen atoms in total. The molecule has 0 radical (unpaired) electrons. The number of guanidine groups is 1. The Morgan fingerprint density at radius 2 is 1.76 bits per heavy atom. The van der Waals surface area contributed by atoms with Crippen LogP contribution in [0.15, 0.2) is 53.5 Å². The highest BCUT2D eigenvalue weighted by atomic mass is 127. The van der Waals surface area contributed by atoms with Crippen LogP contribution in [0, 0.1) is 0 Å². The summed E-state index contributed by atoms with van der Waals surface area (Å²) in [5.41, 5.74) is 3.34. The number of nitrogens with one attached hydrogen (secondary N) is 2. The van der Waals surface area contributed by atoms with E-state index in [-0.39, 0.29) is 35.6 Å². The summed E-state index contributed by atoms with van der Waals surface area (Å²) in [6.07, 6.45) is 3.16. The molecule has 2 N–H and O–H groups in total. The number of ether oxygens (including phenoxy) is 3. The van der Waals surface area contributed by atoms with E-state index in [4.69, 9.17) is 14.2 Å². The smallest absolute Gasteiger partial charge is 0.191 e. The SMILES string of the molecule is CN=C(NCc1ccc(COC2CCOCC2)cc1)NC1CC(C)(C)Oc2ccccc21.I. The van der Waals surface area contributed by atoms with Gasteiger partial charge in [0.25, 0.3) is 0 Å². The maximum Gasteiger partial charge on any atom is 0.191 e. The predicted molar refractivity (Wildman–Crippen MR) is 142 cm³/mol. The van der Waals surface area contributed by atoms with Gasteiger partial charge in [0.2, 0.25) is 0 Å². The third kappa shape index (κ3) is 7.32. The van der Waals surface area contributed by atoms with Crippen molar-refractivity contribution in [2.75, 3.05) is 20.3 Å². The normalized spacial score (nSPS) is 20.2. The van der Waals surface area contributed by atoms with Crippen LogP contribution in [0.1, 0.15) is 55.8 Å². The molecule has 4 rings (SSSR count). The van der Waals surface area contributed by atoms with E-state index in [1.54, 1.807) is 0 Å². The van der Waals surface area contributed by atoms with Gasteiger partial charge < -0.3 is 24.8 Å². The predicted octanol–water partition coefficient (Wildman–Crippen LogP) is 4.97. The third-order valence-electron chi connectivity index (χ3n) is 6.05. The Balaban J connectivity index is 0.00000306. The van der Waals surface area contributed by atoms with Crippen molar-refractivity contribution in [3.8, 4) is 5.75 Å². The molecule has 2 heterocycles. The first-order valence-corrected chi connectivity index (χ1v) is 11.5. The van der Waals surface area contributed by atoms with E-state index in [9.17, 15) is 0 Å². The van der Waals surface area contributed by atoms with Crippen LogP contribution >= 0.6 is 24.0 Å². The minimum absolute atomic E-state index is 0. The first-order chi connectivity index (χ1) is 15.5. The minimum atomic E-state index is -0.229. The Labute approximate surface area is 214 Å². The van der Waals surface area contributed by atoms with Gasteiger partial charge in [-0.1, -0.05) is 42.5 Å². The topological polar surface area (TPSA) is 64.1 Å². The van der Waals surface area contributed by atoms with Crippen LogP contribution in [0.2, 0.25) is 0 Å². The van der Waals surface area contributed by atoms with E-state index in [0.29, 0.717) is 19.3 Å². The summed E-state index contributed by atoms with van der Waals surface area (Å²) in [5, 5.41) is 7.03. The number of halogens is 1. The number of nitrogens with zero attached hydrogens (tertiary/aromatic N) is 1. The highest BCUT2D eigenvalue weighted by molar-refractivity contribution is 14.0. The van der Waals surface area contributed by atoms with Gasteiger partial charge in [0.15, 0.2) is 5.96 Å². The summed E-state index contributed by atoms with van der Waals surface area (Å²) in [4.78, 5) is 4.44. The van der Waals surface area contributed by atoms with E-state index in [0.717, 1.165) is 44.2 Å². The molecule has 1 fully saturated rings. The molecule has 0 bridgehead atoms. The van der Waals surface area contributed by atoms with E-state index in [2.05, 4.69) is 65.9 Å². The first-order valence-electron chi connectivity index (χ1n) is 11.5. The molecule has 2 aromatic carbocycles. The number of hydrogen-bond donors (Lipinski definition) is 2. The van der Waals surface area contributed by atoms with Crippen molar-refractivity contribution in [1.82, 2.24) is 10.6 Å². The second-order valence-electron chi connectivity index (χ2n) is 9.17. The Hall–Kier alpha value is -1.84. The molecule has 7 heteroatoms. The van der Waals surface area contributed by atoms with E-state index in [1.807, 2.05) is 19.2 Å². The van der Waals surface area contributed by atoms with Gasteiger partial charge in [-0.3, -0.25) is 4.99 Å². The molecule has 0 aromatic heterocycles. The molecular formula is C26H36IN3O3. The van der Waals surface area contributed by atoms with Crippen LogP contribution in [-0.2, 0) is 22.6 Å². The number of fused-ring (bicyclic) bond motifs is 1. The second-order valence-corrected chi connectivity index (χ2v) is 9.17. The fraction of sp³-hybridized carbons (Fsp3) is 0.500. The molecule has 0 amide bonds. The van der Waals surface area contributed by atoms with E-state index in [1.165, 1.54) is 16.7 Å². The van der Waals surface area contributed by atoms with Crippen molar-refractivity contribution in [2.24, 2.45) is 4.99 Å². The van der Waals surface area contributed by atoms with Crippen molar-refractivity contribution in [2.45, 2.75) is 64.0 Å². The highest BCUT2D eigenvalue weighted by Gasteiger charge is 2.33. The van der Waals surface area contributed by atoms with Crippen molar-refractivity contribution in [1.29, 1.82) is 0 Å². The second kappa shape index (κ2) is 12.0. The summed E-state index contributed by atoms with van der Waals surface area (Å²) in [6, 6.07) is 17.0. The van der Waals surface area contributed by atoms with E-state index >= 15 is 0 Å². The van der Waals surface area contributed by atoms with Gasteiger partial charge in [-0.05, 0) is 43.9 Å². The summed E-state index contributed by atoms with van der Waals surface area (Å²) < 4.78 is 17.6. The third-order valence-corrected chi connectivity index (χ3v) is 6.05. The van der Waals surface area contributed by atoms with Gasteiger partial charge in [-0.25, -0.2) is 0 Å². The molecule has 0 aliphatic carbocycles. The van der Waals surface area contributed by atoms with Gasteiger partial charge in [-0.15, -0.1) is 24.0 Å². The molecule has 180 valence electrons. The molecule has 2 aliphatic rings. The number of para-hydroxylation sites is 1. The summed E-state index contributed by atoms with van der Waals surface area (Å²) in [5.74, 6) is 1.73. The molecule has 2 aliphatic heterocycles. The minimum Gasteiger partial charge on any atom is -0.487 e. The zero-order valence-corrected chi connectivity index (χ0v) is 22.1. The van der Waals surface area contributed by atoms with Crippen LogP contribution in [0.3, 0.4) is 0 Å². The van der Waals surface area contributed by atoms with Gasteiger partial charge in [0, 0.05) is 38.8 Å². The molecule has 2 aromatic rings. The van der Waals surface area contributed by atoms with Gasteiger partial charge in [-0.2, -0.15) is 0 Å². The molecule has 1 atom stereocenters. The Morgan fingerprint density at radius 1 is 1.06 bits per heavy atom. The van der Waals surface area contributed by atoms with Crippen molar-refractivity contribution in [3.05, 3.63) is 65.2 Å².